The fourth-order valence-electron chi connectivity index (χ4n) is 4.52. The number of morpholine rings is 1. The van der Waals surface area contributed by atoms with Gasteiger partial charge in [-0.25, -0.2) is 9.78 Å². The molecule has 5 rings (SSSR count). The minimum Gasteiger partial charge on any atom is -0.497 e. The van der Waals surface area contributed by atoms with E-state index in [0.717, 1.165) is 60.9 Å². The van der Waals surface area contributed by atoms with Crippen molar-refractivity contribution in [1.29, 1.82) is 0 Å². The number of hydrogen-bond acceptors (Lipinski definition) is 7. The van der Waals surface area contributed by atoms with Crippen molar-refractivity contribution in [3.05, 3.63) is 113 Å². The number of aromatic nitrogens is 1. The second kappa shape index (κ2) is 13.6. The maximum atomic E-state index is 12.4. The molecule has 4 aromatic rings. The van der Waals surface area contributed by atoms with Gasteiger partial charge in [-0.2, -0.15) is 0 Å². The van der Waals surface area contributed by atoms with Gasteiger partial charge >= 0.3 is 5.97 Å². The average molecular weight is 548 g/mol. The van der Waals surface area contributed by atoms with Gasteiger partial charge in [-0.05, 0) is 59.7 Å². The van der Waals surface area contributed by atoms with Crippen LogP contribution in [-0.2, 0) is 22.6 Å². The smallest absolute Gasteiger partial charge is 0.338 e. The summed E-state index contributed by atoms with van der Waals surface area (Å²) in [5, 5.41) is 3.31. The Morgan fingerprint density at radius 1 is 0.878 bits per heavy atom. The van der Waals surface area contributed by atoms with E-state index in [9.17, 15) is 4.79 Å². The van der Waals surface area contributed by atoms with Crippen LogP contribution in [0.25, 0.3) is 11.3 Å². The van der Waals surface area contributed by atoms with Crippen LogP contribution >= 0.6 is 0 Å². The second-order valence-electron chi connectivity index (χ2n) is 9.73. The number of esters is 1. The van der Waals surface area contributed by atoms with Crippen molar-refractivity contribution >= 4 is 11.8 Å². The lowest BCUT2D eigenvalue weighted by Gasteiger charge is -2.26. The number of methoxy groups -OCH3 is 2. The van der Waals surface area contributed by atoms with Crippen molar-refractivity contribution in [2.45, 2.75) is 13.1 Å². The molecule has 1 aliphatic heterocycles. The van der Waals surface area contributed by atoms with Gasteiger partial charge < -0.3 is 19.5 Å². The second-order valence-corrected chi connectivity index (χ2v) is 9.73. The summed E-state index contributed by atoms with van der Waals surface area (Å²) in [6.07, 6.45) is 0. The van der Waals surface area contributed by atoms with Gasteiger partial charge in [0.15, 0.2) is 0 Å². The number of nitrogens with zero attached hydrogens (tertiary/aromatic N) is 2. The van der Waals surface area contributed by atoms with Gasteiger partial charge in [-0.1, -0.05) is 48.2 Å². The van der Waals surface area contributed by atoms with Crippen LogP contribution in [0.3, 0.4) is 0 Å². The van der Waals surface area contributed by atoms with Gasteiger partial charge in [0, 0.05) is 42.9 Å². The lowest BCUT2D eigenvalue weighted by atomic mass is 10.1. The molecule has 0 saturated carbocycles. The van der Waals surface area contributed by atoms with E-state index in [1.165, 1.54) is 12.7 Å². The van der Waals surface area contributed by atoms with Crippen molar-refractivity contribution in [2.24, 2.45) is 0 Å². The minimum atomic E-state index is -0.417. The maximum absolute atomic E-state index is 12.4. The molecule has 0 radical (unpaired) electrons. The molecule has 0 unspecified atom stereocenters. The summed E-state index contributed by atoms with van der Waals surface area (Å²) < 4.78 is 15.6. The molecule has 0 spiro atoms. The van der Waals surface area contributed by atoms with E-state index in [2.05, 4.69) is 46.3 Å². The number of benzene rings is 3. The number of ether oxygens (including phenoxy) is 3. The number of pyridine rings is 1. The Bertz CT molecular complexity index is 1520. The average Bonchev–Trinajstić information content (AvgIpc) is 3.04. The van der Waals surface area contributed by atoms with Gasteiger partial charge in [0.2, 0.25) is 0 Å². The Balaban J connectivity index is 1.27. The summed E-state index contributed by atoms with van der Waals surface area (Å²) in [5.41, 5.74) is 6.18. The van der Waals surface area contributed by atoms with Gasteiger partial charge in [0.05, 0.1) is 38.7 Å². The van der Waals surface area contributed by atoms with Crippen molar-refractivity contribution < 1.29 is 19.0 Å². The fourth-order valence-corrected chi connectivity index (χ4v) is 4.52. The lowest BCUT2D eigenvalue weighted by molar-refractivity contribution is 0.0342. The molecule has 0 amide bonds. The zero-order chi connectivity index (χ0) is 28.4. The van der Waals surface area contributed by atoms with Gasteiger partial charge in [-0.3, -0.25) is 4.90 Å². The normalized spacial score (nSPS) is 13.1. The highest BCUT2D eigenvalue weighted by molar-refractivity contribution is 5.91. The summed E-state index contributed by atoms with van der Waals surface area (Å²) >= 11 is 0. The highest BCUT2D eigenvalue weighted by Crippen LogP contribution is 2.23. The van der Waals surface area contributed by atoms with Crippen molar-refractivity contribution in [3.63, 3.8) is 0 Å². The molecule has 1 fully saturated rings. The molecule has 0 atom stereocenters. The van der Waals surface area contributed by atoms with Crippen LogP contribution in [0.1, 0.15) is 32.6 Å². The first-order valence-corrected chi connectivity index (χ1v) is 13.6. The summed E-state index contributed by atoms with van der Waals surface area (Å²) in [7, 11) is 3.01. The first-order valence-electron chi connectivity index (χ1n) is 13.6. The quantitative estimate of drug-likeness (QED) is 0.234. The van der Waals surface area contributed by atoms with Crippen LogP contribution in [0.4, 0.5) is 5.82 Å². The van der Waals surface area contributed by atoms with Crippen LogP contribution in [0.15, 0.2) is 84.9 Å². The molecule has 0 bridgehead atoms. The molecule has 1 saturated heterocycles. The molecule has 1 aliphatic rings. The van der Waals surface area contributed by atoms with Crippen molar-refractivity contribution in [3.8, 4) is 28.8 Å². The number of anilines is 1. The Kier molecular flexibility index (Phi) is 9.27. The van der Waals surface area contributed by atoms with E-state index in [0.29, 0.717) is 23.6 Å². The van der Waals surface area contributed by atoms with Gasteiger partial charge in [0.1, 0.15) is 11.6 Å². The third kappa shape index (κ3) is 7.73. The van der Waals surface area contributed by atoms with Gasteiger partial charge in [-0.15, -0.1) is 0 Å². The number of carbonyl (C=O) groups is 1. The Hall–Kier alpha value is -4.64. The van der Waals surface area contributed by atoms with Crippen LogP contribution < -0.4 is 10.1 Å². The summed E-state index contributed by atoms with van der Waals surface area (Å²) in [6.45, 7) is 5.03. The largest absolute Gasteiger partial charge is 0.497 e. The molecular weight excluding hydrogens is 514 g/mol. The topological polar surface area (TPSA) is 72.9 Å². The highest BCUT2D eigenvalue weighted by atomic mass is 16.5. The predicted molar refractivity (Wildman–Crippen MR) is 160 cm³/mol. The molecule has 7 heteroatoms. The zero-order valence-corrected chi connectivity index (χ0v) is 23.4. The molecule has 0 aliphatic carbocycles. The highest BCUT2D eigenvalue weighted by Gasteiger charge is 2.12. The Morgan fingerprint density at radius 3 is 2.15 bits per heavy atom. The standard InChI is InChI=1S/C34H33N3O4/c1-39-31-15-11-27(12-16-31)23-35-33-22-30(34(38)40-2)21-32(36-33)29-13-9-26(10-14-29)4-3-25-5-7-28(8-6-25)24-37-17-19-41-20-18-37/h5-16,21-22H,17-20,23-24H2,1-2H3,(H,35,36). The molecule has 1 aromatic heterocycles. The van der Waals surface area contributed by atoms with Crippen LogP contribution in [0.2, 0.25) is 0 Å². The van der Waals surface area contributed by atoms with E-state index in [4.69, 9.17) is 19.2 Å². The zero-order valence-electron chi connectivity index (χ0n) is 23.4. The molecule has 3 aromatic carbocycles. The van der Waals surface area contributed by atoms with Crippen LogP contribution in [0.5, 0.6) is 5.75 Å². The first-order chi connectivity index (χ1) is 20.1. The van der Waals surface area contributed by atoms with Crippen molar-refractivity contribution in [1.82, 2.24) is 9.88 Å². The summed E-state index contributed by atoms with van der Waals surface area (Å²) in [4.78, 5) is 19.5. The molecule has 2 heterocycles. The van der Waals surface area contributed by atoms with E-state index in [1.807, 2.05) is 48.5 Å². The monoisotopic (exact) mass is 547 g/mol. The minimum absolute atomic E-state index is 0.417. The van der Waals surface area contributed by atoms with E-state index in [-0.39, 0.29) is 0 Å². The molecule has 41 heavy (non-hydrogen) atoms. The van der Waals surface area contributed by atoms with E-state index >= 15 is 0 Å². The Morgan fingerprint density at radius 2 is 1.51 bits per heavy atom. The van der Waals surface area contributed by atoms with Crippen molar-refractivity contribution in [2.75, 3.05) is 45.8 Å². The third-order valence-electron chi connectivity index (χ3n) is 6.87. The molecule has 1 N–H and O–H groups in total. The van der Waals surface area contributed by atoms with Crippen LogP contribution in [0, 0.1) is 11.8 Å². The fraction of sp³-hybridized carbons (Fsp3) is 0.235. The van der Waals surface area contributed by atoms with E-state index < -0.39 is 5.97 Å². The third-order valence-corrected chi connectivity index (χ3v) is 6.87. The summed E-state index contributed by atoms with van der Waals surface area (Å²) in [5.74, 6) is 7.46. The molecule has 7 nitrogen and oxygen atoms in total. The Labute approximate surface area is 241 Å². The predicted octanol–water partition coefficient (Wildman–Crippen LogP) is 5.39. The number of hydrogen-bond donors (Lipinski definition) is 1. The number of carbonyl (C=O) groups excluding carboxylic acids is 1. The molecular formula is C34H33N3O4. The van der Waals surface area contributed by atoms with E-state index in [1.54, 1.807) is 19.2 Å². The maximum Gasteiger partial charge on any atom is 0.338 e. The van der Waals surface area contributed by atoms with Crippen LogP contribution in [-0.4, -0.2) is 56.4 Å². The summed E-state index contributed by atoms with van der Waals surface area (Å²) in [6, 6.07) is 27.5. The molecule has 208 valence electrons. The first kappa shape index (κ1) is 27.9. The number of rotatable bonds is 8. The van der Waals surface area contributed by atoms with Gasteiger partial charge in [0.25, 0.3) is 0 Å². The SMILES string of the molecule is COC(=O)c1cc(NCc2ccc(OC)cc2)nc(-c2ccc(C#Cc3ccc(CN4CCOCC4)cc3)cc2)c1. The lowest BCUT2D eigenvalue weighted by Crippen LogP contribution is -2.35. The number of nitrogens with one attached hydrogen (secondary N) is 1.